The summed E-state index contributed by atoms with van der Waals surface area (Å²) in [5, 5.41) is 4.24. The van der Waals surface area contributed by atoms with Crippen LogP contribution >= 0.6 is 0 Å². The van der Waals surface area contributed by atoms with Gasteiger partial charge >= 0.3 is 0 Å². The summed E-state index contributed by atoms with van der Waals surface area (Å²) >= 11 is 0. The number of hydrogen-bond donors (Lipinski definition) is 1. The SMILES string of the molecule is COC1(CNc2cc(C)nc3ccc(F)cc23)CCC1. The Morgan fingerprint density at radius 2 is 2.15 bits per heavy atom. The molecule has 20 heavy (non-hydrogen) atoms. The summed E-state index contributed by atoms with van der Waals surface area (Å²) in [6.45, 7) is 2.70. The molecular weight excluding hydrogens is 255 g/mol. The second-order valence-corrected chi connectivity index (χ2v) is 5.57. The zero-order valence-electron chi connectivity index (χ0n) is 11.9. The van der Waals surface area contributed by atoms with Gasteiger partial charge in [0.25, 0.3) is 0 Å². The third-order valence-electron chi connectivity index (χ3n) is 4.20. The monoisotopic (exact) mass is 274 g/mol. The lowest BCUT2D eigenvalue weighted by molar-refractivity contribution is -0.0601. The Kier molecular flexibility index (Phi) is 3.34. The summed E-state index contributed by atoms with van der Waals surface area (Å²) in [5.74, 6) is -0.240. The van der Waals surface area contributed by atoms with Crippen molar-refractivity contribution in [1.29, 1.82) is 0 Å². The van der Waals surface area contributed by atoms with Gasteiger partial charge in [0.15, 0.2) is 0 Å². The Hall–Kier alpha value is -1.68. The Morgan fingerprint density at radius 1 is 1.35 bits per heavy atom. The van der Waals surface area contributed by atoms with Crippen LogP contribution in [0.15, 0.2) is 24.3 Å². The minimum Gasteiger partial charge on any atom is -0.382 e. The van der Waals surface area contributed by atoms with Gasteiger partial charge in [0, 0.05) is 30.4 Å². The minimum absolute atomic E-state index is 0.0587. The van der Waals surface area contributed by atoms with Gasteiger partial charge in [-0.25, -0.2) is 4.39 Å². The second kappa shape index (κ2) is 5.02. The third-order valence-corrected chi connectivity index (χ3v) is 4.20. The van der Waals surface area contributed by atoms with E-state index in [2.05, 4.69) is 10.3 Å². The number of nitrogens with one attached hydrogen (secondary N) is 1. The highest BCUT2D eigenvalue weighted by molar-refractivity contribution is 5.91. The zero-order valence-corrected chi connectivity index (χ0v) is 11.9. The smallest absolute Gasteiger partial charge is 0.124 e. The molecule has 1 aliphatic rings. The first-order valence-corrected chi connectivity index (χ1v) is 6.98. The molecule has 3 rings (SSSR count). The van der Waals surface area contributed by atoms with Crippen molar-refractivity contribution in [3.63, 3.8) is 0 Å². The van der Waals surface area contributed by atoms with Crippen LogP contribution in [0.3, 0.4) is 0 Å². The fourth-order valence-electron chi connectivity index (χ4n) is 2.76. The maximum absolute atomic E-state index is 13.5. The van der Waals surface area contributed by atoms with E-state index in [-0.39, 0.29) is 11.4 Å². The molecule has 0 saturated heterocycles. The molecule has 0 atom stereocenters. The van der Waals surface area contributed by atoms with Gasteiger partial charge in [-0.1, -0.05) is 0 Å². The van der Waals surface area contributed by atoms with Gasteiger partial charge in [-0.2, -0.15) is 0 Å². The molecule has 1 aromatic heterocycles. The third kappa shape index (κ3) is 2.36. The Morgan fingerprint density at radius 3 is 2.80 bits per heavy atom. The Bertz CT molecular complexity index is 632. The maximum Gasteiger partial charge on any atom is 0.124 e. The van der Waals surface area contributed by atoms with Crippen molar-refractivity contribution in [1.82, 2.24) is 4.98 Å². The molecule has 0 spiro atoms. The van der Waals surface area contributed by atoms with Crippen LogP contribution in [0, 0.1) is 12.7 Å². The van der Waals surface area contributed by atoms with E-state index in [1.807, 2.05) is 13.0 Å². The van der Waals surface area contributed by atoms with E-state index < -0.39 is 0 Å². The number of hydrogen-bond acceptors (Lipinski definition) is 3. The summed E-state index contributed by atoms with van der Waals surface area (Å²) in [6, 6.07) is 6.66. The quantitative estimate of drug-likeness (QED) is 0.923. The summed E-state index contributed by atoms with van der Waals surface area (Å²) in [6.07, 6.45) is 3.36. The lowest BCUT2D eigenvalue weighted by Crippen LogP contribution is -2.45. The summed E-state index contributed by atoms with van der Waals surface area (Å²) in [5.41, 5.74) is 2.60. The molecule has 0 bridgehead atoms. The molecule has 0 unspecified atom stereocenters. The summed E-state index contributed by atoms with van der Waals surface area (Å²) in [7, 11) is 1.76. The summed E-state index contributed by atoms with van der Waals surface area (Å²) < 4.78 is 19.1. The second-order valence-electron chi connectivity index (χ2n) is 5.57. The van der Waals surface area contributed by atoms with Gasteiger partial charge < -0.3 is 10.1 Å². The van der Waals surface area contributed by atoms with Gasteiger partial charge in [0.05, 0.1) is 11.1 Å². The predicted octanol–water partition coefficient (Wildman–Crippen LogP) is 3.66. The number of methoxy groups -OCH3 is 1. The van der Waals surface area contributed by atoms with Crippen LogP contribution in [0.2, 0.25) is 0 Å². The first-order chi connectivity index (χ1) is 9.62. The van der Waals surface area contributed by atoms with Crippen molar-refractivity contribution in [2.75, 3.05) is 19.0 Å². The van der Waals surface area contributed by atoms with E-state index >= 15 is 0 Å². The molecule has 1 N–H and O–H groups in total. The van der Waals surface area contributed by atoms with Gasteiger partial charge in [-0.15, -0.1) is 0 Å². The molecule has 1 fully saturated rings. The number of rotatable bonds is 4. The number of ether oxygens (including phenoxy) is 1. The highest BCUT2D eigenvalue weighted by Crippen LogP contribution is 2.35. The number of aromatic nitrogens is 1. The van der Waals surface area contributed by atoms with Gasteiger partial charge in [-0.3, -0.25) is 4.98 Å². The average molecular weight is 274 g/mol. The highest BCUT2D eigenvalue weighted by atomic mass is 19.1. The van der Waals surface area contributed by atoms with Crippen LogP contribution in [-0.2, 0) is 4.74 Å². The molecule has 1 aliphatic carbocycles. The van der Waals surface area contributed by atoms with E-state index in [1.165, 1.54) is 18.6 Å². The average Bonchev–Trinajstić information content (AvgIpc) is 2.38. The maximum atomic E-state index is 13.5. The fraction of sp³-hybridized carbons (Fsp3) is 0.438. The molecule has 2 aromatic rings. The first-order valence-electron chi connectivity index (χ1n) is 6.98. The van der Waals surface area contributed by atoms with Crippen molar-refractivity contribution < 1.29 is 9.13 Å². The molecule has 1 heterocycles. The predicted molar refractivity (Wildman–Crippen MR) is 78.5 cm³/mol. The number of halogens is 1. The van der Waals surface area contributed by atoms with E-state index in [9.17, 15) is 4.39 Å². The molecule has 4 heteroatoms. The molecule has 1 saturated carbocycles. The van der Waals surface area contributed by atoms with Crippen LogP contribution in [0.1, 0.15) is 25.0 Å². The Balaban J connectivity index is 1.92. The number of anilines is 1. The van der Waals surface area contributed by atoms with Crippen molar-refractivity contribution in [3.05, 3.63) is 35.8 Å². The number of benzene rings is 1. The number of aryl methyl sites for hydroxylation is 1. The molecule has 106 valence electrons. The number of nitrogens with zero attached hydrogens (tertiary/aromatic N) is 1. The van der Waals surface area contributed by atoms with Crippen LogP contribution < -0.4 is 5.32 Å². The van der Waals surface area contributed by atoms with Crippen LogP contribution in [0.4, 0.5) is 10.1 Å². The van der Waals surface area contributed by atoms with Gasteiger partial charge in [0.2, 0.25) is 0 Å². The van der Waals surface area contributed by atoms with E-state index in [1.54, 1.807) is 13.2 Å². The summed E-state index contributed by atoms with van der Waals surface area (Å²) in [4.78, 5) is 4.44. The van der Waals surface area contributed by atoms with Gasteiger partial charge in [-0.05, 0) is 50.5 Å². The highest BCUT2D eigenvalue weighted by Gasteiger charge is 2.36. The topological polar surface area (TPSA) is 34.1 Å². The number of pyridine rings is 1. The van der Waals surface area contributed by atoms with Crippen LogP contribution in [-0.4, -0.2) is 24.2 Å². The molecule has 0 aliphatic heterocycles. The van der Waals surface area contributed by atoms with Crippen molar-refractivity contribution >= 4 is 16.6 Å². The van der Waals surface area contributed by atoms with E-state index in [0.29, 0.717) is 0 Å². The molecule has 1 aromatic carbocycles. The molecule has 3 nitrogen and oxygen atoms in total. The normalized spacial score (nSPS) is 16.9. The number of fused-ring (bicyclic) bond motifs is 1. The minimum atomic E-state index is -0.240. The van der Waals surface area contributed by atoms with E-state index in [0.717, 1.165) is 41.7 Å². The van der Waals surface area contributed by atoms with Crippen molar-refractivity contribution in [3.8, 4) is 0 Å². The van der Waals surface area contributed by atoms with Gasteiger partial charge in [0.1, 0.15) is 5.82 Å². The molecular formula is C16H19FN2O. The van der Waals surface area contributed by atoms with Crippen molar-refractivity contribution in [2.45, 2.75) is 31.8 Å². The largest absolute Gasteiger partial charge is 0.382 e. The van der Waals surface area contributed by atoms with E-state index in [4.69, 9.17) is 4.74 Å². The zero-order chi connectivity index (χ0) is 14.2. The fourth-order valence-corrected chi connectivity index (χ4v) is 2.76. The Labute approximate surface area is 118 Å². The molecule has 0 radical (unpaired) electrons. The standard InChI is InChI=1S/C16H19FN2O/c1-11-8-15(18-10-16(20-2)6-3-7-16)13-9-12(17)4-5-14(13)19-11/h4-5,8-9H,3,6-7,10H2,1-2H3,(H,18,19). The molecule has 0 amide bonds. The van der Waals surface area contributed by atoms with Crippen molar-refractivity contribution in [2.24, 2.45) is 0 Å². The lowest BCUT2D eigenvalue weighted by Gasteiger charge is -2.40. The first kappa shape index (κ1) is 13.3. The lowest BCUT2D eigenvalue weighted by atomic mass is 9.80. The van der Waals surface area contributed by atoms with Crippen LogP contribution in [0.5, 0.6) is 0 Å². The van der Waals surface area contributed by atoms with Crippen LogP contribution in [0.25, 0.3) is 10.9 Å².